The third kappa shape index (κ3) is 4.43. The quantitative estimate of drug-likeness (QED) is 0.495. The van der Waals surface area contributed by atoms with Gasteiger partial charge in [-0.1, -0.05) is 78.3 Å². The Kier molecular flexibility index (Phi) is 5.14. The number of halogens is 4. The average Bonchev–Trinajstić information content (AvgIpc) is 2.58. The van der Waals surface area contributed by atoms with E-state index >= 15 is 0 Å². The zero-order chi connectivity index (χ0) is 17.9. The predicted molar refractivity (Wildman–Crippen MR) is 95.0 cm³/mol. The van der Waals surface area contributed by atoms with E-state index in [-0.39, 0.29) is 5.02 Å². The second kappa shape index (κ2) is 7.32. The van der Waals surface area contributed by atoms with Gasteiger partial charge in [0.05, 0.1) is 10.6 Å². The minimum atomic E-state index is -4.48. The number of hydrogen-bond acceptors (Lipinski definition) is 0. The van der Waals surface area contributed by atoms with Gasteiger partial charge in [0.15, 0.2) is 0 Å². The van der Waals surface area contributed by atoms with E-state index in [1.807, 2.05) is 60.7 Å². The van der Waals surface area contributed by atoms with Crippen molar-refractivity contribution >= 4 is 11.6 Å². The highest BCUT2D eigenvalue weighted by molar-refractivity contribution is 6.32. The Morgan fingerprint density at radius 3 is 1.72 bits per heavy atom. The summed E-state index contributed by atoms with van der Waals surface area (Å²) < 4.78 is 40.2. The number of hydrogen-bond donors (Lipinski definition) is 0. The Morgan fingerprint density at radius 1 is 0.680 bits per heavy atom. The Balaban J connectivity index is 2.02. The van der Waals surface area contributed by atoms with E-state index < -0.39 is 11.7 Å². The molecule has 0 aliphatic rings. The molecule has 0 aliphatic heterocycles. The molecule has 0 unspecified atom stereocenters. The molecule has 3 aromatic carbocycles. The maximum Gasteiger partial charge on any atom is 0.417 e. The topological polar surface area (TPSA) is 0 Å². The number of alkyl halides is 3. The van der Waals surface area contributed by atoms with E-state index in [0.717, 1.165) is 17.2 Å². The lowest BCUT2D eigenvalue weighted by Crippen LogP contribution is -2.09. The van der Waals surface area contributed by atoms with E-state index in [2.05, 4.69) is 0 Å². The SMILES string of the molecule is FC(F)(F)c1cc(Cc2ccccc2)cc(Cc2ccccc2)c1Cl. The van der Waals surface area contributed by atoms with E-state index in [1.54, 1.807) is 6.07 Å². The smallest absolute Gasteiger partial charge is 0.166 e. The fourth-order valence-corrected chi connectivity index (χ4v) is 3.12. The molecule has 0 saturated carbocycles. The van der Waals surface area contributed by atoms with Crippen LogP contribution in [0.1, 0.15) is 27.8 Å². The van der Waals surface area contributed by atoms with Crippen LogP contribution in [0.3, 0.4) is 0 Å². The summed E-state index contributed by atoms with van der Waals surface area (Å²) >= 11 is 6.10. The third-order valence-electron chi connectivity index (χ3n) is 4.00. The molecule has 0 N–H and O–H groups in total. The summed E-state index contributed by atoms with van der Waals surface area (Å²) in [6.07, 6.45) is -3.68. The molecule has 0 spiro atoms. The summed E-state index contributed by atoms with van der Waals surface area (Å²) in [6, 6.07) is 21.7. The molecule has 25 heavy (non-hydrogen) atoms. The zero-order valence-corrected chi connectivity index (χ0v) is 14.1. The van der Waals surface area contributed by atoms with Crippen molar-refractivity contribution in [3.63, 3.8) is 0 Å². The van der Waals surface area contributed by atoms with Gasteiger partial charge in [0.25, 0.3) is 0 Å². The average molecular weight is 361 g/mol. The summed E-state index contributed by atoms with van der Waals surface area (Å²) in [5, 5.41) is -0.215. The minimum absolute atomic E-state index is 0.215. The van der Waals surface area contributed by atoms with Gasteiger partial charge in [0, 0.05) is 0 Å². The molecule has 4 heteroatoms. The molecular formula is C21H16ClF3. The van der Waals surface area contributed by atoms with Gasteiger partial charge in [0.1, 0.15) is 0 Å². The highest BCUT2D eigenvalue weighted by atomic mass is 35.5. The van der Waals surface area contributed by atoms with Gasteiger partial charge in [-0.15, -0.1) is 0 Å². The first kappa shape index (κ1) is 17.6. The molecule has 0 aliphatic carbocycles. The molecule has 0 heterocycles. The van der Waals surface area contributed by atoms with Crippen LogP contribution < -0.4 is 0 Å². The van der Waals surface area contributed by atoms with Crippen LogP contribution in [0.4, 0.5) is 13.2 Å². The normalized spacial score (nSPS) is 11.5. The van der Waals surface area contributed by atoms with Crippen LogP contribution in [0, 0.1) is 0 Å². The Labute approximate surface area is 149 Å². The lowest BCUT2D eigenvalue weighted by atomic mass is 9.96. The summed E-state index contributed by atoms with van der Waals surface area (Å²) in [4.78, 5) is 0. The first-order chi connectivity index (χ1) is 11.9. The highest BCUT2D eigenvalue weighted by Gasteiger charge is 2.34. The molecule has 0 radical (unpaired) electrons. The largest absolute Gasteiger partial charge is 0.417 e. The monoisotopic (exact) mass is 360 g/mol. The van der Waals surface area contributed by atoms with Crippen molar-refractivity contribution in [2.45, 2.75) is 19.0 Å². The van der Waals surface area contributed by atoms with Gasteiger partial charge in [0.2, 0.25) is 0 Å². The van der Waals surface area contributed by atoms with Crippen molar-refractivity contribution in [2.75, 3.05) is 0 Å². The van der Waals surface area contributed by atoms with E-state index in [4.69, 9.17) is 11.6 Å². The van der Waals surface area contributed by atoms with Crippen molar-refractivity contribution < 1.29 is 13.2 Å². The number of benzene rings is 3. The molecule has 0 bridgehead atoms. The predicted octanol–water partition coefficient (Wildman–Crippen LogP) is 6.54. The van der Waals surface area contributed by atoms with Gasteiger partial charge in [-0.25, -0.2) is 0 Å². The maximum absolute atomic E-state index is 13.4. The first-order valence-corrected chi connectivity index (χ1v) is 8.27. The first-order valence-electron chi connectivity index (χ1n) is 7.90. The third-order valence-corrected chi connectivity index (χ3v) is 4.45. The number of rotatable bonds is 4. The fourth-order valence-electron chi connectivity index (χ4n) is 2.83. The van der Waals surface area contributed by atoms with Crippen LogP contribution in [0.2, 0.25) is 5.02 Å². The molecule has 3 aromatic rings. The molecule has 3 rings (SSSR count). The van der Waals surface area contributed by atoms with Crippen molar-refractivity contribution in [3.05, 3.63) is 106 Å². The second-order valence-corrected chi connectivity index (χ2v) is 6.32. The summed E-state index contributed by atoms with van der Waals surface area (Å²) in [6.45, 7) is 0. The van der Waals surface area contributed by atoms with Crippen LogP contribution in [0.5, 0.6) is 0 Å². The van der Waals surface area contributed by atoms with Crippen LogP contribution in [-0.2, 0) is 19.0 Å². The van der Waals surface area contributed by atoms with Crippen LogP contribution in [0.25, 0.3) is 0 Å². The second-order valence-electron chi connectivity index (χ2n) is 5.94. The fraction of sp³-hybridized carbons (Fsp3) is 0.143. The Hall–Kier alpha value is -2.26. The van der Waals surface area contributed by atoms with Crippen molar-refractivity contribution in [2.24, 2.45) is 0 Å². The summed E-state index contributed by atoms with van der Waals surface area (Å²) in [5.41, 5.74) is 2.22. The van der Waals surface area contributed by atoms with Gasteiger partial charge < -0.3 is 0 Å². The molecule has 0 amide bonds. The Morgan fingerprint density at radius 2 is 1.20 bits per heavy atom. The lowest BCUT2D eigenvalue weighted by Gasteiger charge is -2.16. The minimum Gasteiger partial charge on any atom is -0.166 e. The Bertz CT molecular complexity index is 840. The van der Waals surface area contributed by atoms with Gasteiger partial charge >= 0.3 is 6.18 Å². The lowest BCUT2D eigenvalue weighted by molar-refractivity contribution is -0.137. The van der Waals surface area contributed by atoms with E-state index in [1.165, 1.54) is 0 Å². The van der Waals surface area contributed by atoms with Crippen molar-refractivity contribution in [1.82, 2.24) is 0 Å². The van der Waals surface area contributed by atoms with E-state index in [9.17, 15) is 13.2 Å². The van der Waals surface area contributed by atoms with E-state index in [0.29, 0.717) is 24.0 Å². The summed E-state index contributed by atoms with van der Waals surface area (Å²) in [7, 11) is 0. The van der Waals surface area contributed by atoms with Gasteiger partial charge in [-0.2, -0.15) is 13.2 Å². The van der Waals surface area contributed by atoms with Gasteiger partial charge in [-0.05, 0) is 41.2 Å². The van der Waals surface area contributed by atoms with Crippen LogP contribution in [-0.4, -0.2) is 0 Å². The van der Waals surface area contributed by atoms with Crippen molar-refractivity contribution in [1.29, 1.82) is 0 Å². The molecule has 0 atom stereocenters. The molecule has 0 nitrogen and oxygen atoms in total. The maximum atomic E-state index is 13.4. The molecule has 0 fully saturated rings. The standard InChI is InChI=1S/C21H16ClF3/c22-20-18(12-16-9-5-2-6-10-16)13-17(14-19(20)21(23,24)25)11-15-7-3-1-4-8-15/h1-10,13-14H,11-12H2. The molecule has 0 saturated heterocycles. The highest BCUT2D eigenvalue weighted by Crippen LogP contribution is 2.38. The zero-order valence-electron chi connectivity index (χ0n) is 13.4. The van der Waals surface area contributed by atoms with Crippen LogP contribution in [0.15, 0.2) is 72.8 Å². The summed E-state index contributed by atoms with van der Waals surface area (Å²) in [5.74, 6) is 0. The van der Waals surface area contributed by atoms with Crippen LogP contribution >= 0.6 is 11.6 Å². The molecule has 0 aromatic heterocycles. The molecular weight excluding hydrogens is 345 g/mol. The molecule has 128 valence electrons. The van der Waals surface area contributed by atoms with Crippen molar-refractivity contribution in [3.8, 4) is 0 Å². The van der Waals surface area contributed by atoms with Gasteiger partial charge in [-0.3, -0.25) is 0 Å².